The predicted molar refractivity (Wildman–Crippen MR) is 74.5 cm³/mol. The van der Waals surface area contributed by atoms with Crippen LogP contribution >= 0.6 is 0 Å². The second-order valence-electron chi connectivity index (χ2n) is 4.23. The number of nitrogens with one attached hydrogen (secondary N) is 1. The van der Waals surface area contributed by atoms with Gasteiger partial charge in [-0.1, -0.05) is 17.7 Å². The molecule has 1 amide bonds. The van der Waals surface area contributed by atoms with E-state index in [1.807, 2.05) is 19.1 Å². The Kier molecular flexibility index (Phi) is 3.84. The van der Waals surface area contributed by atoms with Crippen LogP contribution < -0.4 is 15.6 Å². The van der Waals surface area contributed by atoms with Gasteiger partial charge in [-0.05, 0) is 19.1 Å². The molecule has 0 saturated carbocycles. The van der Waals surface area contributed by atoms with Crippen molar-refractivity contribution in [1.82, 2.24) is 15.1 Å². The van der Waals surface area contributed by atoms with E-state index >= 15 is 0 Å². The summed E-state index contributed by atoms with van der Waals surface area (Å²) in [7, 11) is 2.88. The summed E-state index contributed by atoms with van der Waals surface area (Å²) in [5.41, 5.74) is 1.36. The topological polar surface area (TPSA) is 73.2 Å². The first-order valence-electron chi connectivity index (χ1n) is 6.04. The van der Waals surface area contributed by atoms with E-state index < -0.39 is 5.91 Å². The maximum absolute atomic E-state index is 12.0. The van der Waals surface area contributed by atoms with Gasteiger partial charge >= 0.3 is 0 Å². The summed E-state index contributed by atoms with van der Waals surface area (Å²) in [6.07, 6.45) is 0. The molecule has 2 aromatic rings. The summed E-state index contributed by atoms with van der Waals surface area (Å²) < 4.78 is 6.20. The zero-order chi connectivity index (χ0) is 14.7. The van der Waals surface area contributed by atoms with Crippen molar-refractivity contribution in [2.45, 2.75) is 6.92 Å². The molecule has 0 radical (unpaired) electrons. The van der Waals surface area contributed by atoms with Gasteiger partial charge in [0.1, 0.15) is 0 Å². The average molecular weight is 273 g/mol. The quantitative estimate of drug-likeness (QED) is 0.902. The van der Waals surface area contributed by atoms with E-state index in [1.54, 1.807) is 12.1 Å². The fourth-order valence-corrected chi connectivity index (χ4v) is 1.74. The zero-order valence-corrected chi connectivity index (χ0v) is 11.5. The Balaban J connectivity index is 2.62. The van der Waals surface area contributed by atoms with Crippen LogP contribution in [0.2, 0.25) is 0 Å². The Morgan fingerprint density at radius 2 is 1.95 bits per heavy atom. The Morgan fingerprint density at radius 1 is 1.30 bits per heavy atom. The molecule has 0 bridgehead atoms. The molecule has 6 nitrogen and oxygen atoms in total. The Hall–Kier alpha value is -2.63. The molecule has 20 heavy (non-hydrogen) atoms. The van der Waals surface area contributed by atoms with Gasteiger partial charge in [-0.3, -0.25) is 9.59 Å². The Labute approximate surface area is 116 Å². The number of nitrogens with zero attached hydrogens (tertiary/aromatic N) is 2. The van der Waals surface area contributed by atoms with E-state index in [1.165, 1.54) is 24.9 Å². The smallest absolute Gasteiger partial charge is 0.275 e. The molecule has 0 aliphatic heterocycles. The number of rotatable bonds is 3. The van der Waals surface area contributed by atoms with Gasteiger partial charge in [0.2, 0.25) is 0 Å². The number of amides is 1. The molecule has 6 heteroatoms. The zero-order valence-electron chi connectivity index (χ0n) is 11.5. The first-order chi connectivity index (χ1) is 9.56. The van der Waals surface area contributed by atoms with E-state index in [0.29, 0.717) is 5.69 Å². The van der Waals surface area contributed by atoms with Crippen LogP contribution in [0, 0.1) is 6.92 Å². The number of aromatic nitrogens is 2. The number of benzene rings is 1. The second-order valence-corrected chi connectivity index (χ2v) is 4.23. The molecule has 0 aliphatic rings. The molecule has 1 aromatic heterocycles. The molecule has 0 aliphatic carbocycles. The van der Waals surface area contributed by atoms with Crippen LogP contribution in [-0.4, -0.2) is 29.8 Å². The van der Waals surface area contributed by atoms with E-state index in [2.05, 4.69) is 10.4 Å². The van der Waals surface area contributed by atoms with E-state index in [9.17, 15) is 9.59 Å². The fraction of sp³-hybridized carbons (Fsp3) is 0.214. The molecule has 1 aromatic carbocycles. The molecule has 0 saturated heterocycles. The molecule has 1 heterocycles. The van der Waals surface area contributed by atoms with Crippen molar-refractivity contribution < 1.29 is 9.53 Å². The number of hydrogen-bond donors (Lipinski definition) is 1. The number of aryl methyl sites for hydroxylation is 1. The molecule has 0 atom stereocenters. The molecule has 0 spiro atoms. The lowest BCUT2D eigenvalue weighted by molar-refractivity contribution is 0.0953. The number of carbonyl (C=O) groups excluding carboxylic acids is 1. The standard InChI is InChI=1S/C14H15N3O3/c1-9-4-6-10(7-5-9)17-12(18)8-11(20-3)13(16-17)14(19)15-2/h4-8H,1-3H3,(H,15,19). The van der Waals surface area contributed by atoms with Gasteiger partial charge < -0.3 is 10.1 Å². The van der Waals surface area contributed by atoms with E-state index in [0.717, 1.165) is 5.56 Å². The first-order valence-corrected chi connectivity index (χ1v) is 6.04. The number of methoxy groups -OCH3 is 1. The Bertz CT molecular complexity index is 690. The normalized spacial score (nSPS) is 10.2. The van der Waals surface area contributed by atoms with Crippen LogP contribution in [0.15, 0.2) is 35.1 Å². The number of hydrogen-bond acceptors (Lipinski definition) is 4. The molecule has 2 rings (SSSR count). The lowest BCUT2D eigenvalue weighted by Gasteiger charge is -2.10. The lowest BCUT2D eigenvalue weighted by Crippen LogP contribution is -2.28. The molecular weight excluding hydrogens is 258 g/mol. The SMILES string of the molecule is CNC(=O)c1nn(-c2ccc(C)cc2)c(=O)cc1OC. The van der Waals surface area contributed by atoms with Crippen LogP contribution in [0.3, 0.4) is 0 Å². The third kappa shape index (κ3) is 2.54. The van der Waals surface area contributed by atoms with Gasteiger partial charge in [0.25, 0.3) is 11.5 Å². The highest BCUT2D eigenvalue weighted by Crippen LogP contribution is 2.14. The summed E-state index contributed by atoms with van der Waals surface area (Å²) in [5, 5.41) is 6.55. The van der Waals surface area contributed by atoms with Crippen molar-refractivity contribution >= 4 is 5.91 Å². The maximum Gasteiger partial charge on any atom is 0.275 e. The molecule has 1 N–H and O–H groups in total. The second kappa shape index (κ2) is 5.56. The van der Waals surface area contributed by atoms with Gasteiger partial charge in [-0.2, -0.15) is 9.78 Å². The summed E-state index contributed by atoms with van der Waals surface area (Å²) in [6, 6.07) is 8.52. The summed E-state index contributed by atoms with van der Waals surface area (Å²) >= 11 is 0. The van der Waals surface area contributed by atoms with Crippen molar-refractivity contribution in [3.8, 4) is 11.4 Å². The minimum atomic E-state index is -0.414. The summed E-state index contributed by atoms with van der Waals surface area (Å²) in [5.74, 6) is -0.263. The first kappa shape index (κ1) is 13.8. The van der Waals surface area contributed by atoms with Crippen LogP contribution in [0.25, 0.3) is 5.69 Å². The van der Waals surface area contributed by atoms with Crippen molar-refractivity contribution in [3.05, 3.63) is 51.9 Å². The van der Waals surface area contributed by atoms with Crippen molar-refractivity contribution in [3.63, 3.8) is 0 Å². The highest BCUT2D eigenvalue weighted by molar-refractivity contribution is 5.94. The van der Waals surface area contributed by atoms with Gasteiger partial charge in [0, 0.05) is 7.05 Å². The lowest BCUT2D eigenvalue weighted by atomic mass is 10.2. The van der Waals surface area contributed by atoms with Gasteiger partial charge in [-0.25, -0.2) is 0 Å². The third-order valence-electron chi connectivity index (χ3n) is 2.84. The van der Waals surface area contributed by atoms with Crippen LogP contribution in [0.1, 0.15) is 16.1 Å². The number of carbonyl (C=O) groups is 1. The minimum absolute atomic E-state index is 0.0650. The van der Waals surface area contributed by atoms with E-state index in [4.69, 9.17) is 4.74 Å². The minimum Gasteiger partial charge on any atom is -0.494 e. The van der Waals surface area contributed by atoms with Crippen LogP contribution in [-0.2, 0) is 0 Å². The Morgan fingerprint density at radius 3 is 2.50 bits per heavy atom. The molecule has 0 unspecified atom stereocenters. The van der Waals surface area contributed by atoms with Crippen molar-refractivity contribution in [2.75, 3.05) is 14.2 Å². The third-order valence-corrected chi connectivity index (χ3v) is 2.84. The maximum atomic E-state index is 12.0. The number of ether oxygens (including phenoxy) is 1. The van der Waals surface area contributed by atoms with Crippen molar-refractivity contribution in [2.24, 2.45) is 0 Å². The highest BCUT2D eigenvalue weighted by Gasteiger charge is 2.16. The highest BCUT2D eigenvalue weighted by atomic mass is 16.5. The molecule has 104 valence electrons. The average Bonchev–Trinajstić information content (AvgIpc) is 2.47. The fourth-order valence-electron chi connectivity index (χ4n) is 1.74. The predicted octanol–water partition coefficient (Wildman–Crippen LogP) is 0.909. The summed E-state index contributed by atoms with van der Waals surface area (Å²) in [6.45, 7) is 1.95. The van der Waals surface area contributed by atoms with Crippen molar-refractivity contribution in [1.29, 1.82) is 0 Å². The monoisotopic (exact) mass is 273 g/mol. The van der Waals surface area contributed by atoms with Gasteiger partial charge in [0.05, 0.1) is 18.9 Å². The summed E-state index contributed by atoms with van der Waals surface area (Å²) in [4.78, 5) is 23.8. The van der Waals surface area contributed by atoms with Gasteiger partial charge in [0.15, 0.2) is 11.4 Å². The molecule has 0 fully saturated rings. The van der Waals surface area contributed by atoms with Gasteiger partial charge in [-0.15, -0.1) is 0 Å². The largest absolute Gasteiger partial charge is 0.494 e. The van der Waals surface area contributed by atoms with Crippen LogP contribution in [0.5, 0.6) is 5.75 Å². The molecular formula is C14H15N3O3. The van der Waals surface area contributed by atoms with E-state index in [-0.39, 0.29) is 17.0 Å². The van der Waals surface area contributed by atoms with Crippen LogP contribution in [0.4, 0.5) is 0 Å².